The van der Waals surface area contributed by atoms with Gasteiger partial charge in [0.05, 0.1) is 17.7 Å². The fourth-order valence-electron chi connectivity index (χ4n) is 4.35. The summed E-state index contributed by atoms with van der Waals surface area (Å²) in [5.41, 5.74) is -0.0524. The number of rotatable bonds is 4. The number of imide groups is 1. The van der Waals surface area contributed by atoms with E-state index in [1.165, 1.54) is 11.8 Å². The van der Waals surface area contributed by atoms with Gasteiger partial charge in [0.25, 0.3) is 17.7 Å². The summed E-state index contributed by atoms with van der Waals surface area (Å²) in [7, 11) is 0. The van der Waals surface area contributed by atoms with Crippen LogP contribution in [0.5, 0.6) is 0 Å². The first kappa shape index (κ1) is 20.6. The van der Waals surface area contributed by atoms with Gasteiger partial charge in [-0.2, -0.15) is 0 Å². The fourth-order valence-corrected chi connectivity index (χ4v) is 4.35. The number of hydrogen-bond donors (Lipinski definition) is 0. The van der Waals surface area contributed by atoms with Crippen LogP contribution in [0, 0.1) is 0 Å². The molecule has 1 fully saturated rings. The summed E-state index contributed by atoms with van der Waals surface area (Å²) in [5, 5.41) is 0. The molecule has 33 heavy (non-hydrogen) atoms. The minimum absolute atomic E-state index is 0.276. The Morgan fingerprint density at radius 2 is 1.33 bits per heavy atom. The Morgan fingerprint density at radius 1 is 0.818 bits per heavy atom. The van der Waals surface area contributed by atoms with Crippen molar-refractivity contribution in [2.45, 2.75) is 18.7 Å². The molecule has 2 heterocycles. The summed E-state index contributed by atoms with van der Waals surface area (Å²) in [5.74, 6) is -2.12. The maximum atomic E-state index is 13.7. The molecule has 0 aliphatic carbocycles. The lowest BCUT2D eigenvalue weighted by Gasteiger charge is -2.35. The molecule has 0 saturated carbocycles. The number of amides is 3. The van der Waals surface area contributed by atoms with Gasteiger partial charge < -0.3 is 4.74 Å². The topological polar surface area (TPSA) is 84.0 Å². The van der Waals surface area contributed by atoms with Crippen LogP contribution >= 0.6 is 0 Å². The SMILES string of the molecule is C[C@@]1(CN2C(=O)c3ccccc3C2=O)C(=O)O[C@H](c2ccccc2)N1C(=O)c1ccccc1. The molecule has 2 atom stereocenters. The zero-order valence-corrected chi connectivity index (χ0v) is 17.8. The highest BCUT2D eigenvalue weighted by Crippen LogP contribution is 2.41. The van der Waals surface area contributed by atoms with Gasteiger partial charge in [0.2, 0.25) is 6.23 Å². The molecule has 0 N–H and O–H groups in total. The van der Waals surface area contributed by atoms with Crippen molar-refractivity contribution in [1.82, 2.24) is 9.80 Å². The number of hydrogen-bond acceptors (Lipinski definition) is 5. The van der Waals surface area contributed by atoms with E-state index in [1.807, 2.05) is 6.07 Å². The molecule has 1 saturated heterocycles. The van der Waals surface area contributed by atoms with Crippen LogP contribution in [0.25, 0.3) is 0 Å². The van der Waals surface area contributed by atoms with Gasteiger partial charge >= 0.3 is 5.97 Å². The standard InChI is InChI=1S/C26H20N2O5/c1-26(16-27-22(30)19-14-8-9-15-20(19)23(27)31)25(32)33-24(18-12-6-3-7-13-18)28(26)21(29)17-10-4-2-5-11-17/h2-15,24H,16H2,1H3/t24-,26-/m1/s1. The molecule has 0 radical (unpaired) electrons. The van der Waals surface area contributed by atoms with Crippen molar-refractivity contribution >= 4 is 23.7 Å². The average Bonchev–Trinajstić information content (AvgIpc) is 3.25. The molecule has 3 aromatic carbocycles. The van der Waals surface area contributed by atoms with Crippen LogP contribution in [0.4, 0.5) is 0 Å². The van der Waals surface area contributed by atoms with Crippen molar-refractivity contribution in [1.29, 1.82) is 0 Å². The second-order valence-corrected chi connectivity index (χ2v) is 8.23. The minimum Gasteiger partial charge on any atom is -0.435 e. The highest BCUT2D eigenvalue weighted by molar-refractivity contribution is 6.21. The molecule has 0 aromatic heterocycles. The lowest BCUT2D eigenvalue weighted by atomic mass is 9.97. The Morgan fingerprint density at radius 3 is 1.91 bits per heavy atom. The minimum atomic E-state index is -1.58. The van der Waals surface area contributed by atoms with E-state index < -0.39 is 35.5 Å². The maximum Gasteiger partial charge on any atom is 0.336 e. The normalized spacial score (nSPS) is 21.8. The average molecular weight is 440 g/mol. The summed E-state index contributed by atoms with van der Waals surface area (Å²) >= 11 is 0. The van der Waals surface area contributed by atoms with Gasteiger partial charge in [0.1, 0.15) is 0 Å². The quantitative estimate of drug-likeness (QED) is 0.458. The van der Waals surface area contributed by atoms with Crippen molar-refractivity contribution in [2.75, 3.05) is 6.54 Å². The molecule has 5 rings (SSSR count). The molecule has 7 nitrogen and oxygen atoms in total. The van der Waals surface area contributed by atoms with Gasteiger partial charge in [-0.1, -0.05) is 60.7 Å². The van der Waals surface area contributed by atoms with Crippen LogP contribution in [0.1, 0.15) is 49.8 Å². The Balaban J connectivity index is 1.57. The van der Waals surface area contributed by atoms with Crippen molar-refractivity contribution < 1.29 is 23.9 Å². The number of fused-ring (bicyclic) bond motifs is 1. The smallest absolute Gasteiger partial charge is 0.336 e. The number of benzene rings is 3. The zero-order valence-electron chi connectivity index (χ0n) is 17.8. The van der Waals surface area contributed by atoms with Crippen LogP contribution < -0.4 is 0 Å². The first-order valence-corrected chi connectivity index (χ1v) is 10.5. The second-order valence-electron chi connectivity index (χ2n) is 8.23. The fraction of sp³-hybridized carbons (Fsp3) is 0.154. The molecule has 2 aliphatic heterocycles. The van der Waals surface area contributed by atoms with E-state index in [1.54, 1.807) is 78.9 Å². The van der Waals surface area contributed by atoms with E-state index in [9.17, 15) is 19.2 Å². The molecule has 0 spiro atoms. The molecular weight excluding hydrogens is 420 g/mol. The van der Waals surface area contributed by atoms with Gasteiger partial charge in [-0.15, -0.1) is 0 Å². The van der Waals surface area contributed by atoms with Crippen molar-refractivity contribution in [3.63, 3.8) is 0 Å². The number of ether oxygens (including phenoxy) is 1. The van der Waals surface area contributed by atoms with Crippen molar-refractivity contribution in [3.8, 4) is 0 Å². The summed E-state index contributed by atoms with van der Waals surface area (Å²) in [6.07, 6.45) is -0.994. The molecular formula is C26H20N2O5. The summed E-state index contributed by atoms with van der Waals surface area (Å²) in [6.45, 7) is 1.21. The van der Waals surface area contributed by atoms with Crippen LogP contribution in [0.3, 0.4) is 0 Å². The lowest BCUT2D eigenvalue weighted by Crippen LogP contribution is -2.57. The summed E-state index contributed by atoms with van der Waals surface area (Å²) in [4.78, 5) is 55.2. The first-order valence-electron chi connectivity index (χ1n) is 10.5. The number of carbonyl (C=O) groups excluding carboxylic acids is 4. The van der Waals surface area contributed by atoms with Crippen LogP contribution in [-0.4, -0.2) is 45.6 Å². The van der Waals surface area contributed by atoms with E-state index >= 15 is 0 Å². The van der Waals surface area contributed by atoms with E-state index in [0.717, 1.165) is 4.90 Å². The van der Waals surface area contributed by atoms with Crippen molar-refractivity contribution in [2.24, 2.45) is 0 Å². The third kappa shape index (κ3) is 3.20. The molecule has 3 amide bonds. The van der Waals surface area contributed by atoms with Crippen LogP contribution in [0.2, 0.25) is 0 Å². The van der Waals surface area contributed by atoms with E-state index in [4.69, 9.17) is 4.74 Å². The highest BCUT2D eigenvalue weighted by atomic mass is 16.6. The Kier molecular flexibility index (Phi) is 4.82. The largest absolute Gasteiger partial charge is 0.435 e. The predicted molar refractivity (Wildman–Crippen MR) is 118 cm³/mol. The third-order valence-electron chi connectivity index (χ3n) is 6.09. The van der Waals surface area contributed by atoms with E-state index in [0.29, 0.717) is 11.1 Å². The van der Waals surface area contributed by atoms with Crippen LogP contribution in [-0.2, 0) is 9.53 Å². The zero-order chi connectivity index (χ0) is 23.2. The molecule has 7 heteroatoms. The van der Waals surface area contributed by atoms with Gasteiger partial charge in [-0.25, -0.2) is 4.79 Å². The predicted octanol–water partition coefficient (Wildman–Crippen LogP) is 3.44. The van der Waals surface area contributed by atoms with Gasteiger partial charge in [0, 0.05) is 11.1 Å². The Bertz CT molecular complexity index is 1240. The lowest BCUT2D eigenvalue weighted by molar-refractivity contribution is -0.145. The highest BCUT2D eigenvalue weighted by Gasteiger charge is 2.57. The van der Waals surface area contributed by atoms with Gasteiger partial charge in [-0.3, -0.25) is 24.2 Å². The maximum absolute atomic E-state index is 13.7. The molecule has 0 unspecified atom stereocenters. The van der Waals surface area contributed by atoms with Gasteiger partial charge in [0.15, 0.2) is 5.54 Å². The number of nitrogens with zero attached hydrogens (tertiary/aromatic N) is 2. The summed E-state index contributed by atoms with van der Waals surface area (Å²) < 4.78 is 5.69. The molecule has 164 valence electrons. The Hall–Kier alpha value is -4.26. The Labute approximate surface area is 190 Å². The van der Waals surface area contributed by atoms with E-state index in [2.05, 4.69) is 0 Å². The first-order chi connectivity index (χ1) is 15.9. The van der Waals surface area contributed by atoms with Crippen LogP contribution in [0.15, 0.2) is 84.9 Å². The number of esters is 1. The number of carbonyl (C=O) groups is 4. The van der Waals surface area contributed by atoms with Crippen molar-refractivity contribution in [3.05, 3.63) is 107 Å². The second kappa shape index (κ2) is 7.70. The third-order valence-corrected chi connectivity index (χ3v) is 6.09. The van der Waals surface area contributed by atoms with Gasteiger partial charge in [-0.05, 0) is 31.2 Å². The summed E-state index contributed by atoms with van der Waals surface area (Å²) in [6, 6.07) is 24.0. The molecule has 2 aliphatic rings. The number of cyclic esters (lactones) is 1. The molecule has 0 bridgehead atoms. The van der Waals surface area contributed by atoms with E-state index in [-0.39, 0.29) is 17.7 Å². The monoisotopic (exact) mass is 440 g/mol. The molecule has 3 aromatic rings.